The molecule has 8 heteroatoms. The molecule has 2 N–H and O–H groups in total. The standard InChI is InChI=1S/C29H27N3O5/c1-17-9-11-22(13-19(17)3)30-26(33)16-37-25-8-6-5-7-21(25)15-24-27(34)31-29(36)32(28(24)35)23-12-10-18(2)20(4)14-23/h5-15H,16H2,1-4H3,(H,30,33)(H,31,34,36)/b24-15-. The van der Waals surface area contributed by atoms with Gasteiger partial charge in [-0.25, -0.2) is 9.69 Å². The molecule has 1 aliphatic rings. The zero-order chi connectivity index (χ0) is 26.7. The van der Waals surface area contributed by atoms with Crippen LogP contribution in [0, 0.1) is 27.7 Å². The third-order valence-corrected chi connectivity index (χ3v) is 6.22. The zero-order valence-electron chi connectivity index (χ0n) is 21.0. The van der Waals surface area contributed by atoms with Crippen LogP contribution in [0.1, 0.15) is 27.8 Å². The highest BCUT2D eigenvalue weighted by atomic mass is 16.5. The molecular formula is C29H27N3O5. The lowest BCUT2D eigenvalue weighted by Crippen LogP contribution is -2.54. The number of aryl methyl sites for hydroxylation is 4. The fourth-order valence-electron chi connectivity index (χ4n) is 3.80. The highest BCUT2D eigenvalue weighted by Crippen LogP contribution is 2.26. The number of hydrogen-bond acceptors (Lipinski definition) is 5. The molecule has 0 saturated carbocycles. The average molecular weight is 498 g/mol. The van der Waals surface area contributed by atoms with E-state index in [9.17, 15) is 19.2 Å². The molecule has 1 saturated heterocycles. The molecule has 0 aromatic heterocycles. The Kier molecular flexibility index (Phi) is 7.20. The minimum Gasteiger partial charge on any atom is -0.483 e. The number of imide groups is 2. The number of amides is 5. The second kappa shape index (κ2) is 10.5. The minimum absolute atomic E-state index is 0.228. The molecule has 8 nitrogen and oxygen atoms in total. The lowest BCUT2D eigenvalue weighted by atomic mass is 10.0. The number of para-hydroxylation sites is 1. The molecule has 5 amide bonds. The third-order valence-electron chi connectivity index (χ3n) is 6.22. The Morgan fingerprint density at radius 2 is 1.57 bits per heavy atom. The lowest BCUT2D eigenvalue weighted by Gasteiger charge is -2.27. The van der Waals surface area contributed by atoms with Gasteiger partial charge in [-0.05, 0) is 86.4 Å². The van der Waals surface area contributed by atoms with Crippen LogP contribution in [0.3, 0.4) is 0 Å². The second-order valence-electron chi connectivity index (χ2n) is 8.90. The van der Waals surface area contributed by atoms with E-state index < -0.39 is 17.8 Å². The molecule has 0 bridgehead atoms. The summed E-state index contributed by atoms with van der Waals surface area (Å²) >= 11 is 0. The van der Waals surface area contributed by atoms with E-state index in [4.69, 9.17) is 4.74 Å². The number of carbonyl (C=O) groups is 4. The quantitative estimate of drug-likeness (QED) is 0.382. The lowest BCUT2D eigenvalue weighted by molar-refractivity contribution is -0.122. The molecule has 188 valence electrons. The highest BCUT2D eigenvalue weighted by molar-refractivity contribution is 6.39. The summed E-state index contributed by atoms with van der Waals surface area (Å²) in [5.41, 5.74) is 5.29. The Bertz CT molecular complexity index is 1460. The number of benzene rings is 3. The highest BCUT2D eigenvalue weighted by Gasteiger charge is 2.37. The SMILES string of the molecule is Cc1ccc(NC(=O)COc2ccccc2/C=C2/C(=O)NC(=O)N(c3ccc(C)c(C)c3)C2=O)cc1C. The summed E-state index contributed by atoms with van der Waals surface area (Å²) in [5.74, 6) is -1.61. The summed E-state index contributed by atoms with van der Waals surface area (Å²) in [6.45, 7) is 7.47. The van der Waals surface area contributed by atoms with E-state index in [1.165, 1.54) is 6.08 Å². The van der Waals surface area contributed by atoms with Gasteiger partial charge in [-0.15, -0.1) is 0 Å². The van der Waals surface area contributed by atoms with Gasteiger partial charge in [0.25, 0.3) is 17.7 Å². The molecule has 0 aliphatic carbocycles. The largest absolute Gasteiger partial charge is 0.483 e. The van der Waals surface area contributed by atoms with E-state index in [-0.39, 0.29) is 18.1 Å². The topological polar surface area (TPSA) is 105 Å². The van der Waals surface area contributed by atoms with Crippen LogP contribution >= 0.6 is 0 Å². The average Bonchev–Trinajstić information content (AvgIpc) is 2.85. The van der Waals surface area contributed by atoms with Crippen LogP contribution in [0.5, 0.6) is 5.75 Å². The maximum atomic E-state index is 13.3. The van der Waals surface area contributed by atoms with Crippen molar-refractivity contribution >= 4 is 41.2 Å². The van der Waals surface area contributed by atoms with Crippen molar-refractivity contribution < 1.29 is 23.9 Å². The Balaban J connectivity index is 1.55. The van der Waals surface area contributed by atoms with E-state index in [0.717, 1.165) is 27.2 Å². The van der Waals surface area contributed by atoms with Crippen LogP contribution in [0.25, 0.3) is 6.08 Å². The molecule has 37 heavy (non-hydrogen) atoms. The van der Waals surface area contributed by atoms with Gasteiger partial charge >= 0.3 is 6.03 Å². The number of rotatable bonds is 6. The first-order valence-electron chi connectivity index (χ1n) is 11.7. The normalized spacial score (nSPS) is 14.5. The van der Waals surface area contributed by atoms with Crippen LogP contribution in [0.15, 0.2) is 66.2 Å². The molecule has 0 radical (unpaired) electrons. The number of urea groups is 1. The minimum atomic E-state index is -0.817. The summed E-state index contributed by atoms with van der Waals surface area (Å²) in [6.07, 6.45) is 1.36. The van der Waals surface area contributed by atoms with Crippen LogP contribution < -0.4 is 20.3 Å². The van der Waals surface area contributed by atoms with Crippen molar-refractivity contribution in [1.29, 1.82) is 0 Å². The van der Waals surface area contributed by atoms with Crippen LogP contribution in [0.4, 0.5) is 16.2 Å². The summed E-state index contributed by atoms with van der Waals surface area (Å²) in [5, 5.41) is 5.01. The number of anilines is 2. The molecule has 0 spiro atoms. The number of barbiturate groups is 1. The number of hydrogen-bond donors (Lipinski definition) is 2. The number of carbonyl (C=O) groups excluding carboxylic acids is 4. The maximum absolute atomic E-state index is 13.3. The zero-order valence-corrected chi connectivity index (χ0v) is 21.0. The smallest absolute Gasteiger partial charge is 0.335 e. The molecule has 4 rings (SSSR count). The molecular weight excluding hydrogens is 470 g/mol. The van der Waals surface area contributed by atoms with Crippen molar-refractivity contribution in [2.75, 3.05) is 16.8 Å². The predicted octanol–water partition coefficient (Wildman–Crippen LogP) is 4.60. The van der Waals surface area contributed by atoms with Gasteiger partial charge in [0.05, 0.1) is 5.69 Å². The van der Waals surface area contributed by atoms with Gasteiger partial charge in [-0.3, -0.25) is 19.7 Å². The van der Waals surface area contributed by atoms with E-state index in [1.54, 1.807) is 42.5 Å². The summed E-state index contributed by atoms with van der Waals surface area (Å²) in [6, 6.07) is 16.7. The van der Waals surface area contributed by atoms with Crippen molar-refractivity contribution in [1.82, 2.24) is 5.32 Å². The van der Waals surface area contributed by atoms with Gasteiger partial charge in [0.1, 0.15) is 11.3 Å². The van der Waals surface area contributed by atoms with E-state index >= 15 is 0 Å². The predicted molar refractivity (Wildman–Crippen MR) is 141 cm³/mol. The first kappa shape index (κ1) is 25.4. The fourth-order valence-corrected chi connectivity index (χ4v) is 3.80. The van der Waals surface area contributed by atoms with Gasteiger partial charge in [0, 0.05) is 11.3 Å². The first-order valence-corrected chi connectivity index (χ1v) is 11.7. The number of ether oxygens (including phenoxy) is 1. The van der Waals surface area contributed by atoms with E-state index in [0.29, 0.717) is 22.7 Å². The van der Waals surface area contributed by atoms with E-state index in [1.807, 2.05) is 45.9 Å². The Hall–Kier alpha value is -4.72. The van der Waals surface area contributed by atoms with Crippen molar-refractivity contribution in [2.24, 2.45) is 0 Å². The molecule has 1 heterocycles. The summed E-state index contributed by atoms with van der Waals surface area (Å²) in [7, 11) is 0. The number of nitrogens with zero attached hydrogens (tertiary/aromatic N) is 1. The Morgan fingerprint density at radius 3 is 2.27 bits per heavy atom. The molecule has 0 atom stereocenters. The van der Waals surface area contributed by atoms with Crippen LogP contribution in [-0.4, -0.2) is 30.4 Å². The molecule has 1 aliphatic heterocycles. The monoisotopic (exact) mass is 497 g/mol. The van der Waals surface area contributed by atoms with Gasteiger partial charge in [0.15, 0.2) is 6.61 Å². The van der Waals surface area contributed by atoms with Gasteiger partial charge in [-0.1, -0.05) is 30.3 Å². The summed E-state index contributed by atoms with van der Waals surface area (Å²) in [4.78, 5) is 51.8. The Morgan fingerprint density at radius 1 is 0.892 bits per heavy atom. The third kappa shape index (κ3) is 5.59. The van der Waals surface area contributed by atoms with Crippen LogP contribution in [-0.2, 0) is 14.4 Å². The molecule has 1 fully saturated rings. The van der Waals surface area contributed by atoms with Crippen molar-refractivity contribution in [3.63, 3.8) is 0 Å². The number of nitrogens with one attached hydrogen (secondary N) is 2. The summed E-state index contributed by atoms with van der Waals surface area (Å²) < 4.78 is 5.72. The van der Waals surface area contributed by atoms with Crippen molar-refractivity contribution in [3.8, 4) is 5.75 Å². The molecule has 3 aromatic rings. The Labute approximate surface area is 214 Å². The second-order valence-corrected chi connectivity index (χ2v) is 8.90. The molecule has 3 aromatic carbocycles. The van der Waals surface area contributed by atoms with Gasteiger partial charge in [0.2, 0.25) is 0 Å². The van der Waals surface area contributed by atoms with Gasteiger partial charge < -0.3 is 10.1 Å². The van der Waals surface area contributed by atoms with Crippen molar-refractivity contribution in [3.05, 3.63) is 94.1 Å². The van der Waals surface area contributed by atoms with Crippen molar-refractivity contribution in [2.45, 2.75) is 27.7 Å². The fraction of sp³-hybridized carbons (Fsp3) is 0.172. The van der Waals surface area contributed by atoms with Gasteiger partial charge in [-0.2, -0.15) is 0 Å². The first-order chi connectivity index (χ1) is 17.6. The molecule has 0 unspecified atom stereocenters. The van der Waals surface area contributed by atoms with Crippen LogP contribution in [0.2, 0.25) is 0 Å². The van der Waals surface area contributed by atoms with E-state index in [2.05, 4.69) is 10.6 Å². The maximum Gasteiger partial charge on any atom is 0.335 e.